The number of nitrogens with two attached hydrogens (primary N) is 1. The molecule has 1 aliphatic carbocycles. The number of aromatic nitrogens is 1. The Hall–Kier alpha value is -1.49. The first-order valence-corrected chi connectivity index (χ1v) is 6.45. The summed E-state index contributed by atoms with van der Waals surface area (Å²) in [5, 5.41) is 0. The number of ether oxygens (including phenoxy) is 3. The molecule has 1 aliphatic heterocycles. The van der Waals surface area contributed by atoms with Crippen LogP contribution in [0.25, 0.3) is 0 Å². The van der Waals surface area contributed by atoms with Crippen LogP contribution in [-0.4, -0.2) is 30.9 Å². The fourth-order valence-electron chi connectivity index (χ4n) is 1.87. The topological polar surface area (TPSA) is 66.6 Å². The van der Waals surface area contributed by atoms with Gasteiger partial charge in [0.1, 0.15) is 6.10 Å². The standard InChI is InChI=1S/C13H18N2O3/c14-11-3-4-12(18-10-5-6-16-8-10)15-13(11)17-7-9-1-2-9/h3-4,9-10H,1-2,5-8,14H2. The molecule has 1 saturated heterocycles. The van der Waals surface area contributed by atoms with Crippen molar-refractivity contribution in [3.8, 4) is 11.8 Å². The minimum absolute atomic E-state index is 0.0948. The zero-order valence-corrected chi connectivity index (χ0v) is 10.3. The van der Waals surface area contributed by atoms with Crippen molar-refractivity contribution in [2.24, 2.45) is 5.92 Å². The second-order valence-electron chi connectivity index (χ2n) is 4.90. The van der Waals surface area contributed by atoms with Crippen molar-refractivity contribution < 1.29 is 14.2 Å². The molecule has 0 radical (unpaired) electrons. The van der Waals surface area contributed by atoms with Gasteiger partial charge in [-0.05, 0) is 24.8 Å². The van der Waals surface area contributed by atoms with Crippen molar-refractivity contribution in [1.82, 2.24) is 4.98 Å². The molecule has 3 rings (SSSR count). The highest BCUT2D eigenvalue weighted by Crippen LogP contribution is 2.31. The Labute approximate surface area is 106 Å². The van der Waals surface area contributed by atoms with E-state index in [-0.39, 0.29) is 6.10 Å². The van der Waals surface area contributed by atoms with Gasteiger partial charge in [0.25, 0.3) is 0 Å². The number of hydrogen-bond donors (Lipinski definition) is 1. The molecule has 2 fully saturated rings. The Morgan fingerprint density at radius 2 is 2.22 bits per heavy atom. The van der Waals surface area contributed by atoms with Crippen LogP contribution in [0.2, 0.25) is 0 Å². The molecule has 5 nitrogen and oxygen atoms in total. The quantitative estimate of drug-likeness (QED) is 0.860. The average molecular weight is 250 g/mol. The molecule has 2 aliphatic rings. The van der Waals surface area contributed by atoms with Gasteiger partial charge in [0.05, 0.1) is 25.5 Å². The van der Waals surface area contributed by atoms with Crippen LogP contribution in [0.15, 0.2) is 12.1 Å². The molecule has 0 amide bonds. The van der Waals surface area contributed by atoms with Crippen LogP contribution in [0.1, 0.15) is 19.3 Å². The molecule has 1 atom stereocenters. The number of anilines is 1. The van der Waals surface area contributed by atoms with Gasteiger partial charge in [0, 0.05) is 12.5 Å². The van der Waals surface area contributed by atoms with E-state index in [1.54, 1.807) is 12.1 Å². The molecule has 1 aromatic rings. The lowest BCUT2D eigenvalue weighted by atomic mass is 10.3. The maximum absolute atomic E-state index is 5.84. The van der Waals surface area contributed by atoms with E-state index in [1.165, 1.54) is 12.8 Å². The monoisotopic (exact) mass is 250 g/mol. The van der Waals surface area contributed by atoms with Crippen LogP contribution < -0.4 is 15.2 Å². The highest BCUT2D eigenvalue weighted by atomic mass is 16.6. The summed E-state index contributed by atoms with van der Waals surface area (Å²) in [4.78, 5) is 4.31. The van der Waals surface area contributed by atoms with Gasteiger partial charge in [-0.3, -0.25) is 0 Å². The number of pyridine rings is 1. The van der Waals surface area contributed by atoms with Gasteiger partial charge in [0.15, 0.2) is 0 Å². The maximum atomic E-state index is 5.84. The number of nitrogens with zero attached hydrogens (tertiary/aromatic N) is 1. The van der Waals surface area contributed by atoms with E-state index in [0.29, 0.717) is 36.6 Å². The first-order chi connectivity index (χ1) is 8.81. The van der Waals surface area contributed by atoms with E-state index >= 15 is 0 Å². The average Bonchev–Trinajstić information content (AvgIpc) is 3.07. The fraction of sp³-hybridized carbons (Fsp3) is 0.615. The van der Waals surface area contributed by atoms with E-state index in [1.807, 2.05) is 0 Å². The third-order valence-electron chi connectivity index (χ3n) is 3.19. The van der Waals surface area contributed by atoms with Gasteiger partial charge in [-0.2, -0.15) is 4.98 Å². The molecule has 0 spiro atoms. The third kappa shape index (κ3) is 2.85. The smallest absolute Gasteiger partial charge is 0.240 e. The van der Waals surface area contributed by atoms with E-state index in [2.05, 4.69) is 4.98 Å². The number of nitrogen functional groups attached to an aromatic ring is 1. The fourth-order valence-corrected chi connectivity index (χ4v) is 1.87. The molecule has 0 aromatic carbocycles. The Bertz CT molecular complexity index is 415. The van der Waals surface area contributed by atoms with Crippen molar-refractivity contribution in [2.75, 3.05) is 25.6 Å². The first-order valence-electron chi connectivity index (χ1n) is 6.45. The van der Waals surface area contributed by atoms with Crippen LogP contribution in [0.4, 0.5) is 5.69 Å². The molecule has 1 aromatic heterocycles. The molecule has 2 heterocycles. The van der Waals surface area contributed by atoms with Gasteiger partial charge in [0.2, 0.25) is 11.8 Å². The van der Waals surface area contributed by atoms with Gasteiger partial charge in [-0.1, -0.05) is 0 Å². The van der Waals surface area contributed by atoms with Crippen molar-refractivity contribution >= 4 is 5.69 Å². The lowest BCUT2D eigenvalue weighted by Gasteiger charge is -2.13. The number of hydrogen-bond acceptors (Lipinski definition) is 5. The summed E-state index contributed by atoms with van der Waals surface area (Å²) >= 11 is 0. The third-order valence-corrected chi connectivity index (χ3v) is 3.19. The summed E-state index contributed by atoms with van der Waals surface area (Å²) in [6.07, 6.45) is 3.49. The van der Waals surface area contributed by atoms with Crippen LogP contribution in [0.5, 0.6) is 11.8 Å². The summed E-state index contributed by atoms with van der Waals surface area (Å²) in [6.45, 7) is 2.09. The lowest BCUT2D eigenvalue weighted by molar-refractivity contribution is 0.137. The SMILES string of the molecule is Nc1ccc(OC2CCOC2)nc1OCC1CC1. The highest BCUT2D eigenvalue weighted by molar-refractivity contribution is 5.49. The van der Waals surface area contributed by atoms with Gasteiger partial charge in [-0.15, -0.1) is 0 Å². The van der Waals surface area contributed by atoms with Gasteiger partial charge >= 0.3 is 0 Å². The van der Waals surface area contributed by atoms with Crippen LogP contribution in [-0.2, 0) is 4.74 Å². The predicted octanol–water partition coefficient (Wildman–Crippen LogP) is 1.62. The summed E-state index contributed by atoms with van der Waals surface area (Å²) in [5.41, 5.74) is 6.40. The molecular weight excluding hydrogens is 232 g/mol. The molecular formula is C13H18N2O3. The summed E-state index contributed by atoms with van der Waals surface area (Å²) in [7, 11) is 0. The molecule has 1 unspecified atom stereocenters. The molecule has 1 saturated carbocycles. The van der Waals surface area contributed by atoms with Crippen molar-refractivity contribution in [3.63, 3.8) is 0 Å². The van der Waals surface area contributed by atoms with Crippen molar-refractivity contribution in [2.45, 2.75) is 25.4 Å². The molecule has 98 valence electrons. The van der Waals surface area contributed by atoms with E-state index < -0.39 is 0 Å². The van der Waals surface area contributed by atoms with Crippen LogP contribution in [0, 0.1) is 5.92 Å². The Morgan fingerprint density at radius 3 is 2.94 bits per heavy atom. The highest BCUT2D eigenvalue weighted by Gasteiger charge is 2.23. The second kappa shape index (κ2) is 5.02. The normalized spacial score (nSPS) is 23.0. The zero-order valence-electron chi connectivity index (χ0n) is 10.3. The second-order valence-corrected chi connectivity index (χ2v) is 4.90. The molecule has 2 N–H and O–H groups in total. The number of rotatable bonds is 5. The summed E-state index contributed by atoms with van der Waals surface area (Å²) < 4.78 is 16.6. The van der Waals surface area contributed by atoms with E-state index in [4.69, 9.17) is 19.9 Å². The lowest BCUT2D eigenvalue weighted by Crippen LogP contribution is -2.16. The molecule has 5 heteroatoms. The first kappa shape index (κ1) is 11.6. The Kier molecular flexibility index (Phi) is 3.23. The molecule has 18 heavy (non-hydrogen) atoms. The van der Waals surface area contributed by atoms with Gasteiger partial charge < -0.3 is 19.9 Å². The van der Waals surface area contributed by atoms with E-state index in [9.17, 15) is 0 Å². The van der Waals surface area contributed by atoms with Crippen molar-refractivity contribution in [1.29, 1.82) is 0 Å². The van der Waals surface area contributed by atoms with Crippen LogP contribution >= 0.6 is 0 Å². The maximum Gasteiger partial charge on any atom is 0.240 e. The molecule has 0 bridgehead atoms. The van der Waals surface area contributed by atoms with Crippen molar-refractivity contribution in [3.05, 3.63) is 12.1 Å². The van der Waals surface area contributed by atoms with Crippen LogP contribution in [0.3, 0.4) is 0 Å². The summed E-state index contributed by atoms with van der Waals surface area (Å²) in [5.74, 6) is 1.72. The van der Waals surface area contributed by atoms with Gasteiger partial charge in [-0.25, -0.2) is 0 Å². The van der Waals surface area contributed by atoms with E-state index in [0.717, 1.165) is 13.0 Å². The minimum atomic E-state index is 0.0948. The Morgan fingerprint density at radius 1 is 1.33 bits per heavy atom. The summed E-state index contributed by atoms with van der Waals surface area (Å²) in [6, 6.07) is 3.55. The predicted molar refractivity (Wildman–Crippen MR) is 66.7 cm³/mol. The Balaban J connectivity index is 1.63. The minimum Gasteiger partial charge on any atom is -0.476 e. The zero-order chi connectivity index (χ0) is 12.4. The largest absolute Gasteiger partial charge is 0.476 e.